The van der Waals surface area contributed by atoms with Crippen LogP contribution in [0.25, 0.3) is 0 Å². The standard InChI is InChI=1S/C19H34N2O3/c1-5-6-8-14-9-7-10-16(14)20-17(22)15-11-12-21(13-15)18(23)24-19(2,3)4/h14-16H,5-13H2,1-4H3,(H,20,22). The molecular weight excluding hydrogens is 304 g/mol. The van der Waals surface area contributed by atoms with Crippen LogP contribution in [0, 0.1) is 11.8 Å². The van der Waals surface area contributed by atoms with Crippen molar-refractivity contribution >= 4 is 12.0 Å². The maximum Gasteiger partial charge on any atom is 0.410 e. The zero-order chi connectivity index (χ0) is 17.7. The zero-order valence-electron chi connectivity index (χ0n) is 15.8. The number of likely N-dealkylation sites (tertiary alicyclic amines) is 1. The largest absolute Gasteiger partial charge is 0.444 e. The molecule has 1 heterocycles. The molecule has 2 aliphatic rings. The normalized spacial score (nSPS) is 27.3. The van der Waals surface area contributed by atoms with Crippen molar-refractivity contribution in [1.82, 2.24) is 10.2 Å². The topological polar surface area (TPSA) is 58.6 Å². The van der Waals surface area contributed by atoms with E-state index in [4.69, 9.17) is 4.74 Å². The van der Waals surface area contributed by atoms with Gasteiger partial charge in [0, 0.05) is 19.1 Å². The molecule has 0 aromatic heterocycles. The van der Waals surface area contributed by atoms with Gasteiger partial charge in [-0.3, -0.25) is 4.79 Å². The van der Waals surface area contributed by atoms with Gasteiger partial charge in [-0.2, -0.15) is 0 Å². The Morgan fingerprint density at radius 2 is 1.96 bits per heavy atom. The highest BCUT2D eigenvalue weighted by molar-refractivity contribution is 5.81. The molecule has 1 aliphatic carbocycles. The number of carbonyl (C=O) groups is 2. The monoisotopic (exact) mass is 338 g/mol. The fraction of sp³-hybridized carbons (Fsp3) is 0.895. The fourth-order valence-corrected chi connectivity index (χ4v) is 3.81. The summed E-state index contributed by atoms with van der Waals surface area (Å²) in [7, 11) is 0. The number of ether oxygens (including phenoxy) is 1. The summed E-state index contributed by atoms with van der Waals surface area (Å²) in [5.74, 6) is 0.664. The molecule has 1 N–H and O–H groups in total. The lowest BCUT2D eigenvalue weighted by Crippen LogP contribution is -2.42. The molecule has 0 aromatic carbocycles. The van der Waals surface area contributed by atoms with Crippen LogP contribution in [0.15, 0.2) is 0 Å². The van der Waals surface area contributed by atoms with Gasteiger partial charge in [0.05, 0.1) is 5.92 Å². The number of rotatable bonds is 5. The minimum absolute atomic E-state index is 0.0926. The average molecular weight is 338 g/mol. The van der Waals surface area contributed by atoms with Crippen LogP contribution in [0.2, 0.25) is 0 Å². The number of unbranched alkanes of at least 4 members (excludes halogenated alkanes) is 1. The second-order valence-corrected chi connectivity index (χ2v) is 8.36. The van der Waals surface area contributed by atoms with E-state index in [9.17, 15) is 9.59 Å². The number of nitrogens with zero attached hydrogens (tertiary/aromatic N) is 1. The molecule has 2 fully saturated rings. The Kier molecular flexibility index (Phi) is 6.53. The van der Waals surface area contributed by atoms with Gasteiger partial charge in [-0.05, 0) is 52.4 Å². The van der Waals surface area contributed by atoms with Gasteiger partial charge < -0.3 is 15.0 Å². The van der Waals surface area contributed by atoms with Crippen LogP contribution < -0.4 is 5.32 Å². The number of hydrogen-bond donors (Lipinski definition) is 1. The summed E-state index contributed by atoms with van der Waals surface area (Å²) in [5.41, 5.74) is -0.492. The molecule has 1 saturated carbocycles. The summed E-state index contributed by atoms with van der Waals surface area (Å²) in [6.07, 6.45) is 7.65. The summed E-state index contributed by atoms with van der Waals surface area (Å²) in [4.78, 5) is 26.4. The van der Waals surface area contributed by atoms with Gasteiger partial charge in [-0.25, -0.2) is 4.79 Å². The molecule has 5 heteroatoms. The van der Waals surface area contributed by atoms with Crippen LogP contribution in [-0.4, -0.2) is 41.6 Å². The second-order valence-electron chi connectivity index (χ2n) is 8.36. The number of nitrogens with one attached hydrogen (secondary N) is 1. The van der Waals surface area contributed by atoms with Gasteiger partial charge >= 0.3 is 6.09 Å². The van der Waals surface area contributed by atoms with E-state index in [1.807, 2.05) is 20.8 Å². The summed E-state index contributed by atoms with van der Waals surface area (Å²) >= 11 is 0. The van der Waals surface area contributed by atoms with Crippen molar-refractivity contribution in [3.05, 3.63) is 0 Å². The van der Waals surface area contributed by atoms with E-state index in [0.717, 1.165) is 12.8 Å². The first-order valence-corrected chi connectivity index (χ1v) is 9.58. The highest BCUT2D eigenvalue weighted by Gasteiger charge is 2.35. The summed E-state index contributed by atoms with van der Waals surface area (Å²) in [6, 6.07) is 0.333. The smallest absolute Gasteiger partial charge is 0.410 e. The molecule has 1 saturated heterocycles. The van der Waals surface area contributed by atoms with Crippen molar-refractivity contribution < 1.29 is 14.3 Å². The predicted molar refractivity (Wildman–Crippen MR) is 94.7 cm³/mol. The van der Waals surface area contributed by atoms with E-state index >= 15 is 0 Å². The maximum absolute atomic E-state index is 12.6. The number of amides is 2. The van der Waals surface area contributed by atoms with Gasteiger partial charge in [0.25, 0.3) is 0 Å². The molecular formula is C19H34N2O3. The highest BCUT2D eigenvalue weighted by Crippen LogP contribution is 2.30. The fourth-order valence-electron chi connectivity index (χ4n) is 3.81. The van der Waals surface area contributed by atoms with Crippen LogP contribution in [0.4, 0.5) is 4.79 Å². The Bertz CT molecular complexity index is 444. The molecule has 1 aliphatic heterocycles. The Morgan fingerprint density at radius 3 is 2.62 bits per heavy atom. The van der Waals surface area contributed by atoms with E-state index in [-0.39, 0.29) is 17.9 Å². The Morgan fingerprint density at radius 1 is 1.21 bits per heavy atom. The first-order valence-electron chi connectivity index (χ1n) is 9.58. The predicted octanol–water partition coefficient (Wildman–Crippen LogP) is 3.72. The Hall–Kier alpha value is -1.26. The van der Waals surface area contributed by atoms with Crippen LogP contribution in [-0.2, 0) is 9.53 Å². The van der Waals surface area contributed by atoms with Crippen molar-refractivity contribution in [2.45, 2.75) is 84.3 Å². The van der Waals surface area contributed by atoms with Crippen LogP contribution >= 0.6 is 0 Å². The number of hydrogen-bond acceptors (Lipinski definition) is 3. The zero-order valence-corrected chi connectivity index (χ0v) is 15.8. The Labute approximate surface area is 146 Å². The van der Waals surface area contributed by atoms with Crippen molar-refractivity contribution in [3.8, 4) is 0 Å². The van der Waals surface area contributed by atoms with E-state index in [1.165, 1.54) is 32.1 Å². The van der Waals surface area contributed by atoms with Gasteiger partial charge in [0.15, 0.2) is 0 Å². The third kappa shape index (κ3) is 5.38. The molecule has 0 spiro atoms. The quantitative estimate of drug-likeness (QED) is 0.831. The molecule has 24 heavy (non-hydrogen) atoms. The van der Waals surface area contributed by atoms with E-state index < -0.39 is 5.60 Å². The summed E-state index contributed by atoms with van der Waals surface area (Å²) in [5, 5.41) is 3.27. The summed E-state index contributed by atoms with van der Waals surface area (Å²) < 4.78 is 5.40. The van der Waals surface area contributed by atoms with Crippen molar-refractivity contribution in [3.63, 3.8) is 0 Å². The lowest BCUT2D eigenvalue weighted by molar-refractivity contribution is -0.125. The molecule has 0 aromatic rings. The van der Waals surface area contributed by atoms with Crippen molar-refractivity contribution in [1.29, 1.82) is 0 Å². The van der Waals surface area contributed by atoms with Crippen LogP contribution in [0.1, 0.15) is 72.6 Å². The van der Waals surface area contributed by atoms with Gasteiger partial charge in [-0.15, -0.1) is 0 Å². The number of carbonyl (C=O) groups excluding carboxylic acids is 2. The molecule has 0 radical (unpaired) electrons. The Balaban J connectivity index is 1.80. The van der Waals surface area contributed by atoms with Crippen LogP contribution in [0.5, 0.6) is 0 Å². The van der Waals surface area contributed by atoms with E-state index in [0.29, 0.717) is 25.0 Å². The lowest BCUT2D eigenvalue weighted by Gasteiger charge is -2.25. The average Bonchev–Trinajstić information content (AvgIpc) is 3.12. The first kappa shape index (κ1) is 19.1. The molecule has 3 unspecified atom stereocenters. The molecule has 5 nitrogen and oxygen atoms in total. The lowest BCUT2D eigenvalue weighted by atomic mass is 9.96. The van der Waals surface area contributed by atoms with E-state index in [2.05, 4.69) is 12.2 Å². The highest BCUT2D eigenvalue weighted by atomic mass is 16.6. The molecule has 138 valence electrons. The molecule has 0 bridgehead atoms. The van der Waals surface area contributed by atoms with Crippen LogP contribution in [0.3, 0.4) is 0 Å². The van der Waals surface area contributed by atoms with E-state index in [1.54, 1.807) is 4.90 Å². The SMILES string of the molecule is CCCCC1CCCC1NC(=O)C1CCN(C(=O)OC(C)(C)C)C1. The summed E-state index contributed by atoms with van der Waals surface area (Å²) in [6.45, 7) is 8.89. The molecule has 2 rings (SSSR count). The van der Waals surface area contributed by atoms with Crippen molar-refractivity contribution in [2.24, 2.45) is 11.8 Å². The molecule has 2 amide bonds. The first-order chi connectivity index (χ1) is 11.3. The third-order valence-corrected chi connectivity index (χ3v) is 5.13. The third-order valence-electron chi connectivity index (χ3n) is 5.13. The minimum Gasteiger partial charge on any atom is -0.444 e. The van der Waals surface area contributed by atoms with Gasteiger partial charge in [-0.1, -0.05) is 26.2 Å². The van der Waals surface area contributed by atoms with Gasteiger partial charge in [0.1, 0.15) is 5.60 Å². The molecule has 3 atom stereocenters. The second kappa shape index (κ2) is 8.21. The van der Waals surface area contributed by atoms with Crippen molar-refractivity contribution in [2.75, 3.05) is 13.1 Å². The maximum atomic E-state index is 12.6. The minimum atomic E-state index is -0.492. The van der Waals surface area contributed by atoms with Gasteiger partial charge in [0.2, 0.25) is 5.91 Å².